The van der Waals surface area contributed by atoms with E-state index >= 15 is 0 Å². The molecule has 0 spiro atoms. The molecule has 0 amide bonds. The Kier molecular flexibility index (Phi) is 7.54. The Bertz CT molecular complexity index is 1450. The van der Waals surface area contributed by atoms with Crippen LogP contribution in [0.3, 0.4) is 0 Å². The smallest absolute Gasteiger partial charge is 0.337 e. The number of hydrogen-bond acceptors (Lipinski definition) is 5. The van der Waals surface area contributed by atoms with Crippen molar-refractivity contribution in [3.63, 3.8) is 0 Å². The molecule has 1 N–H and O–H groups in total. The summed E-state index contributed by atoms with van der Waals surface area (Å²) in [6.07, 6.45) is 6.16. The molecule has 1 heterocycles. The van der Waals surface area contributed by atoms with E-state index in [0.29, 0.717) is 29.7 Å². The molecule has 5 nitrogen and oxygen atoms in total. The molecule has 1 fully saturated rings. The normalized spacial score (nSPS) is 21.5. The summed E-state index contributed by atoms with van der Waals surface area (Å²) in [5.41, 5.74) is 4.85. The molecule has 1 saturated carbocycles. The van der Waals surface area contributed by atoms with E-state index in [0.717, 1.165) is 54.0 Å². The van der Waals surface area contributed by atoms with Gasteiger partial charge in [0.25, 0.3) is 0 Å². The fourth-order valence-corrected chi connectivity index (χ4v) is 6.38. The van der Waals surface area contributed by atoms with Crippen LogP contribution in [0.2, 0.25) is 0 Å². The van der Waals surface area contributed by atoms with Gasteiger partial charge in [-0.2, -0.15) is 0 Å². The topological polar surface area (TPSA) is 64.6 Å². The molecule has 40 heavy (non-hydrogen) atoms. The lowest BCUT2D eigenvalue weighted by Crippen LogP contribution is -2.37. The third-order valence-electron chi connectivity index (χ3n) is 8.31. The molecule has 6 rings (SSSR count). The summed E-state index contributed by atoms with van der Waals surface area (Å²) >= 11 is 0. The van der Waals surface area contributed by atoms with Gasteiger partial charge in [-0.1, -0.05) is 67.1 Å². The lowest BCUT2D eigenvalue weighted by Gasteiger charge is -2.37. The first kappa shape index (κ1) is 26.1. The van der Waals surface area contributed by atoms with Gasteiger partial charge in [0.05, 0.1) is 5.57 Å². The monoisotopic (exact) mass is 533 g/mol. The van der Waals surface area contributed by atoms with E-state index in [1.807, 2.05) is 79.7 Å². The Hall–Kier alpha value is -4.12. The van der Waals surface area contributed by atoms with E-state index in [1.165, 1.54) is 6.42 Å². The minimum absolute atomic E-state index is 0.0671. The highest BCUT2D eigenvalue weighted by atomic mass is 16.5. The molecular formula is C35H35NO4. The molecule has 0 bridgehead atoms. The first-order chi connectivity index (χ1) is 19.6. The molecule has 0 aromatic heterocycles. The van der Waals surface area contributed by atoms with Crippen LogP contribution in [0, 0.1) is 0 Å². The van der Waals surface area contributed by atoms with Crippen molar-refractivity contribution in [3.05, 3.63) is 119 Å². The van der Waals surface area contributed by atoms with Crippen molar-refractivity contribution in [3.8, 4) is 11.5 Å². The van der Waals surface area contributed by atoms with Crippen LogP contribution in [0.1, 0.15) is 74.8 Å². The van der Waals surface area contributed by atoms with Gasteiger partial charge in [0.2, 0.25) is 0 Å². The first-order valence-electron chi connectivity index (χ1n) is 14.4. The fourth-order valence-electron chi connectivity index (χ4n) is 6.38. The van der Waals surface area contributed by atoms with Crippen LogP contribution < -0.4 is 10.1 Å². The van der Waals surface area contributed by atoms with Crippen LogP contribution in [0.4, 0.5) is 0 Å². The van der Waals surface area contributed by atoms with Gasteiger partial charge in [-0.3, -0.25) is 4.79 Å². The highest BCUT2D eigenvalue weighted by molar-refractivity contribution is 6.04. The van der Waals surface area contributed by atoms with Gasteiger partial charge in [0.15, 0.2) is 5.78 Å². The molecule has 2 atom stereocenters. The summed E-state index contributed by atoms with van der Waals surface area (Å²) in [5.74, 6) is 0.700. The highest BCUT2D eigenvalue weighted by Crippen LogP contribution is 2.46. The number of nitrogens with one attached hydrogen (secondary N) is 1. The lowest BCUT2D eigenvalue weighted by atomic mass is 9.71. The number of Topliss-reactive ketones (excluding diaryl/α,β-unsaturated/α-hetero) is 1. The summed E-state index contributed by atoms with van der Waals surface area (Å²) in [4.78, 5) is 27.8. The SMILES string of the molecule is CC1=C(C(=O)OC2CCCCC2)[C@H](c2cccc(Oc3ccccc3)c2)C2=C(C[C@@H](c3ccccc3)CC2=O)N1. The van der Waals surface area contributed by atoms with E-state index in [1.54, 1.807) is 0 Å². The zero-order valence-electron chi connectivity index (χ0n) is 22.9. The van der Waals surface area contributed by atoms with Crippen LogP contribution in [0.5, 0.6) is 11.5 Å². The minimum atomic E-state index is -0.518. The van der Waals surface area contributed by atoms with Crippen LogP contribution >= 0.6 is 0 Å². The summed E-state index contributed by atoms with van der Waals surface area (Å²) in [7, 11) is 0. The summed E-state index contributed by atoms with van der Waals surface area (Å²) in [6, 6.07) is 27.6. The standard InChI is InChI=1S/C35H35NO4/c1-23-32(35(38)40-28-17-9-4-10-18-28)33(25-14-11-19-29(20-25)39-27-15-7-3-8-16-27)34-30(36-23)21-26(22-31(34)37)24-12-5-2-6-13-24/h2-3,5-8,11-16,19-20,26,28,33,36H,4,9-10,17-18,21-22H2,1H3/t26-,33+/m1/s1. The molecule has 2 aliphatic carbocycles. The van der Waals surface area contributed by atoms with Gasteiger partial charge in [0, 0.05) is 29.3 Å². The van der Waals surface area contributed by atoms with Crippen LogP contribution in [0.25, 0.3) is 0 Å². The summed E-state index contributed by atoms with van der Waals surface area (Å²) < 4.78 is 12.2. The molecule has 0 radical (unpaired) electrons. The van der Waals surface area contributed by atoms with E-state index in [4.69, 9.17) is 9.47 Å². The van der Waals surface area contributed by atoms with Gasteiger partial charge >= 0.3 is 5.97 Å². The number of carbonyl (C=O) groups is 2. The molecule has 204 valence electrons. The molecule has 3 aromatic carbocycles. The van der Waals surface area contributed by atoms with Crippen molar-refractivity contribution in [1.29, 1.82) is 0 Å². The molecule has 1 aliphatic heterocycles. The van der Waals surface area contributed by atoms with E-state index < -0.39 is 5.92 Å². The Labute approximate surface area is 235 Å². The summed E-state index contributed by atoms with van der Waals surface area (Å²) in [6.45, 7) is 1.93. The maximum atomic E-state index is 13.9. The van der Waals surface area contributed by atoms with Crippen molar-refractivity contribution < 1.29 is 19.1 Å². The summed E-state index contributed by atoms with van der Waals surface area (Å²) in [5, 5.41) is 3.48. The zero-order chi connectivity index (χ0) is 27.5. The molecule has 3 aliphatic rings. The maximum Gasteiger partial charge on any atom is 0.337 e. The van der Waals surface area contributed by atoms with Gasteiger partial charge < -0.3 is 14.8 Å². The van der Waals surface area contributed by atoms with Crippen LogP contribution in [0.15, 0.2) is 107 Å². The number of benzene rings is 3. The number of ketones is 1. The second kappa shape index (κ2) is 11.5. The number of hydrogen-bond donors (Lipinski definition) is 1. The van der Waals surface area contributed by atoms with Gasteiger partial charge in [-0.15, -0.1) is 0 Å². The van der Waals surface area contributed by atoms with Gasteiger partial charge in [0.1, 0.15) is 17.6 Å². The first-order valence-corrected chi connectivity index (χ1v) is 14.4. The number of esters is 1. The highest BCUT2D eigenvalue weighted by Gasteiger charge is 2.42. The molecule has 0 unspecified atom stereocenters. The van der Waals surface area contributed by atoms with Crippen molar-refractivity contribution in [2.75, 3.05) is 0 Å². The van der Waals surface area contributed by atoms with Crippen molar-refractivity contribution in [1.82, 2.24) is 5.32 Å². The Morgan fingerprint density at radius 2 is 1.48 bits per heavy atom. The predicted molar refractivity (Wildman–Crippen MR) is 155 cm³/mol. The zero-order valence-corrected chi connectivity index (χ0v) is 22.9. The van der Waals surface area contributed by atoms with Crippen LogP contribution in [-0.4, -0.2) is 17.9 Å². The second-order valence-corrected chi connectivity index (χ2v) is 11.1. The third-order valence-corrected chi connectivity index (χ3v) is 8.31. The third kappa shape index (κ3) is 5.46. The predicted octanol–water partition coefficient (Wildman–Crippen LogP) is 7.72. The van der Waals surface area contributed by atoms with Crippen molar-refractivity contribution in [2.45, 2.75) is 69.8 Å². The van der Waals surface area contributed by atoms with Crippen molar-refractivity contribution in [2.24, 2.45) is 0 Å². The van der Waals surface area contributed by atoms with Crippen molar-refractivity contribution >= 4 is 11.8 Å². The second-order valence-electron chi connectivity index (χ2n) is 11.1. The number of carbonyl (C=O) groups excluding carboxylic acids is 2. The van der Waals surface area contributed by atoms with Crippen LogP contribution in [-0.2, 0) is 14.3 Å². The van der Waals surface area contributed by atoms with E-state index in [2.05, 4.69) is 17.4 Å². The number of para-hydroxylation sites is 1. The Morgan fingerprint density at radius 3 is 2.23 bits per heavy atom. The number of rotatable bonds is 6. The molecule has 3 aromatic rings. The fraction of sp³-hybridized carbons (Fsp3) is 0.314. The molecule has 0 saturated heterocycles. The quantitative estimate of drug-likeness (QED) is 0.329. The van der Waals surface area contributed by atoms with E-state index in [9.17, 15) is 9.59 Å². The van der Waals surface area contributed by atoms with Gasteiger partial charge in [-0.05, 0) is 80.3 Å². The average Bonchev–Trinajstić information content (AvgIpc) is 2.98. The molecular weight excluding hydrogens is 498 g/mol. The minimum Gasteiger partial charge on any atom is -0.459 e. The maximum absolute atomic E-state index is 13.9. The Balaban J connectivity index is 1.38. The number of ether oxygens (including phenoxy) is 2. The Morgan fingerprint density at radius 1 is 0.800 bits per heavy atom. The average molecular weight is 534 g/mol. The van der Waals surface area contributed by atoms with E-state index in [-0.39, 0.29) is 23.8 Å². The number of dihydropyridines is 1. The van der Waals surface area contributed by atoms with Gasteiger partial charge in [-0.25, -0.2) is 4.79 Å². The largest absolute Gasteiger partial charge is 0.459 e. The molecule has 5 heteroatoms. The lowest BCUT2D eigenvalue weighted by molar-refractivity contribution is -0.146. The number of allylic oxidation sites excluding steroid dienone is 3.